The summed E-state index contributed by atoms with van der Waals surface area (Å²) in [6.07, 6.45) is 0. The Hall–Kier alpha value is -1.86. The van der Waals surface area contributed by atoms with Gasteiger partial charge in [-0.15, -0.1) is 0 Å². The van der Waals surface area contributed by atoms with Crippen LogP contribution in [-0.4, -0.2) is 49.9 Å². The van der Waals surface area contributed by atoms with Crippen LogP contribution in [0, 0.1) is 35.1 Å². The van der Waals surface area contributed by atoms with Crippen molar-refractivity contribution in [3.05, 3.63) is 31.8 Å². The fraction of sp³-hybridized carbons (Fsp3) is 0.500. The highest BCUT2D eigenvalue weighted by Gasteiger charge is 2.18. The van der Waals surface area contributed by atoms with E-state index in [4.69, 9.17) is 36.7 Å². The molecule has 9 nitrogen and oxygen atoms in total. The molecule has 0 aromatic carbocycles. The van der Waals surface area contributed by atoms with Crippen LogP contribution >= 0.6 is 36.7 Å². The summed E-state index contributed by atoms with van der Waals surface area (Å²) < 4.78 is 12.0. The van der Waals surface area contributed by atoms with E-state index in [-0.39, 0.29) is 0 Å². The molecule has 3 heterocycles. The van der Waals surface area contributed by atoms with Crippen LogP contribution in [0.3, 0.4) is 0 Å². The molecule has 0 atom stereocenters. The van der Waals surface area contributed by atoms with E-state index in [1.165, 1.54) is 0 Å². The minimum Gasteiger partial charge on any atom is -0.395 e. The Morgan fingerprint density at radius 2 is 0.840 bits per heavy atom. The molecule has 3 aromatic heterocycles. The SMILES string of the molecule is Cc1nn([B-](n2nc(C)n(C)c2=S)n2nc(C)n(C)c2=S)c(=S)n1C. The largest absolute Gasteiger partial charge is 0.395 e. The van der Waals surface area contributed by atoms with E-state index in [2.05, 4.69) is 15.3 Å². The zero-order chi connectivity index (χ0) is 18.6. The van der Waals surface area contributed by atoms with Crippen molar-refractivity contribution in [1.29, 1.82) is 0 Å². The maximum atomic E-state index is 5.56. The molecule has 0 amide bonds. The first-order valence-corrected chi connectivity index (χ1v) is 8.74. The van der Waals surface area contributed by atoms with E-state index in [0.717, 1.165) is 17.5 Å². The molecule has 0 aliphatic carbocycles. The quantitative estimate of drug-likeness (QED) is 0.493. The van der Waals surface area contributed by atoms with E-state index >= 15 is 0 Å². The Kier molecular flexibility index (Phi) is 4.41. The molecule has 0 bridgehead atoms. The molecule has 0 saturated carbocycles. The van der Waals surface area contributed by atoms with Gasteiger partial charge in [0, 0.05) is 21.1 Å². The third-order valence-corrected chi connectivity index (χ3v) is 5.70. The summed E-state index contributed by atoms with van der Waals surface area (Å²) in [6.45, 7) is 5.65. The number of hydrogen-bond donors (Lipinski definition) is 0. The first-order chi connectivity index (χ1) is 11.6. The van der Waals surface area contributed by atoms with Crippen LogP contribution in [0.4, 0.5) is 0 Å². The second kappa shape index (κ2) is 6.14. The average Bonchev–Trinajstić information content (AvgIpc) is 3.08. The van der Waals surface area contributed by atoms with E-state index in [9.17, 15) is 0 Å². The van der Waals surface area contributed by atoms with Crippen molar-refractivity contribution >= 4 is 43.8 Å². The van der Waals surface area contributed by atoms with Gasteiger partial charge in [-0.2, -0.15) is 15.3 Å². The first kappa shape index (κ1) is 18.0. The minimum absolute atomic E-state index is 0.526. The lowest BCUT2D eigenvalue weighted by Crippen LogP contribution is -2.44. The monoisotopic (exact) mass is 395 g/mol. The van der Waals surface area contributed by atoms with Gasteiger partial charge in [0.2, 0.25) is 0 Å². The molecule has 0 unspecified atom stereocenters. The van der Waals surface area contributed by atoms with Crippen LogP contribution < -0.4 is 0 Å². The summed E-state index contributed by atoms with van der Waals surface area (Å²) >= 11 is 16.7. The smallest absolute Gasteiger partial charge is 0.271 e. The van der Waals surface area contributed by atoms with E-state index in [0.29, 0.717) is 14.3 Å². The average molecular weight is 395 g/mol. The molecule has 0 fully saturated rings. The van der Waals surface area contributed by atoms with Crippen LogP contribution in [0.5, 0.6) is 0 Å². The van der Waals surface area contributed by atoms with Gasteiger partial charge in [0.25, 0.3) is 7.12 Å². The Bertz CT molecular complexity index is 995. The summed E-state index contributed by atoms with van der Waals surface area (Å²) in [5.41, 5.74) is 0. The van der Waals surface area contributed by atoms with Gasteiger partial charge in [-0.05, 0) is 57.4 Å². The normalized spacial score (nSPS) is 11.6. The van der Waals surface area contributed by atoms with Gasteiger partial charge in [-0.3, -0.25) is 0 Å². The summed E-state index contributed by atoms with van der Waals surface area (Å²) in [6, 6.07) is 0. The number of hydrogen-bond acceptors (Lipinski definition) is 6. The molecule has 25 heavy (non-hydrogen) atoms. The number of aryl methyl sites for hydroxylation is 3. The van der Waals surface area contributed by atoms with Gasteiger partial charge >= 0.3 is 0 Å². The van der Waals surface area contributed by atoms with Crippen molar-refractivity contribution in [2.24, 2.45) is 21.1 Å². The zero-order valence-electron chi connectivity index (χ0n) is 14.8. The Morgan fingerprint density at radius 3 is 1.00 bits per heavy atom. The van der Waals surface area contributed by atoms with Crippen LogP contribution in [0.15, 0.2) is 0 Å². The van der Waals surface area contributed by atoms with Crippen LogP contribution in [0.2, 0.25) is 0 Å². The molecule has 133 valence electrons. The summed E-state index contributed by atoms with van der Waals surface area (Å²) in [4.78, 5) is 0. The number of nitrogens with zero attached hydrogens (tertiary/aromatic N) is 9. The highest BCUT2D eigenvalue weighted by Crippen LogP contribution is 2.08. The lowest BCUT2D eigenvalue weighted by atomic mass is 9.96. The predicted molar refractivity (Wildman–Crippen MR) is 102 cm³/mol. The van der Waals surface area contributed by atoms with Gasteiger partial charge in [-0.1, -0.05) is 0 Å². The van der Waals surface area contributed by atoms with Gasteiger partial charge in [0.1, 0.15) is 17.5 Å². The number of rotatable bonds is 3. The molecule has 0 spiro atoms. The maximum absolute atomic E-state index is 5.56. The van der Waals surface area contributed by atoms with Crippen LogP contribution in [0.25, 0.3) is 0 Å². The molecule has 0 saturated heterocycles. The van der Waals surface area contributed by atoms with Gasteiger partial charge in [-0.25, -0.2) is 0 Å². The summed E-state index contributed by atoms with van der Waals surface area (Å²) in [5, 5.41) is 13.7. The first-order valence-electron chi connectivity index (χ1n) is 7.51. The van der Waals surface area contributed by atoms with Gasteiger partial charge in [0.15, 0.2) is 14.3 Å². The van der Waals surface area contributed by atoms with Crippen molar-refractivity contribution in [1.82, 2.24) is 42.8 Å². The third kappa shape index (κ3) is 2.66. The second-order valence-electron chi connectivity index (χ2n) is 5.85. The Morgan fingerprint density at radius 1 is 0.600 bits per heavy atom. The van der Waals surface area contributed by atoms with Crippen molar-refractivity contribution in [3.8, 4) is 0 Å². The van der Waals surface area contributed by atoms with Crippen molar-refractivity contribution in [2.45, 2.75) is 20.8 Å². The molecule has 3 aromatic rings. The maximum Gasteiger partial charge on any atom is 0.271 e. The Labute approximate surface area is 160 Å². The Balaban J connectivity index is 2.40. The lowest BCUT2D eigenvalue weighted by molar-refractivity contribution is 0.739. The fourth-order valence-corrected chi connectivity index (χ4v) is 3.24. The van der Waals surface area contributed by atoms with Crippen molar-refractivity contribution in [3.63, 3.8) is 0 Å². The zero-order valence-corrected chi connectivity index (χ0v) is 17.3. The van der Waals surface area contributed by atoms with Crippen LogP contribution in [0.1, 0.15) is 17.5 Å². The van der Waals surface area contributed by atoms with Crippen LogP contribution in [-0.2, 0) is 21.1 Å². The van der Waals surface area contributed by atoms with E-state index in [1.54, 1.807) is 13.8 Å². The standard InChI is InChI=1S/C12H18BN9S3/c1-7-14-20(10(23)17(7)4)13(21-11(24)18(5)8(2)15-21)22-12(25)19(6)9(3)16-22/h1-6H3/q-1. The van der Waals surface area contributed by atoms with Gasteiger partial charge in [0.05, 0.1) is 0 Å². The van der Waals surface area contributed by atoms with E-state index < -0.39 is 7.12 Å². The molecule has 1 radical (unpaired) electrons. The molecule has 0 N–H and O–H groups in total. The molecular formula is C12H18BN9S3-. The predicted octanol–water partition coefficient (Wildman–Crippen LogP) is 1.33. The number of aromatic nitrogens is 9. The van der Waals surface area contributed by atoms with Gasteiger partial charge < -0.3 is 27.5 Å². The lowest BCUT2D eigenvalue weighted by Gasteiger charge is -2.28. The molecule has 13 heteroatoms. The summed E-state index contributed by atoms with van der Waals surface area (Å²) in [7, 11) is 4.98. The second-order valence-corrected chi connectivity index (χ2v) is 6.94. The topological polar surface area (TPSA) is 68.2 Å². The fourth-order valence-electron chi connectivity index (χ4n) is 2.44. The third-order valence-electron chi connectivity index (χ3n) is 4.32. The molecule has 0 aliphatic heterocycles. The van der Waals surface area contributed by atoms with E-state index in [1.807, 2.05) is 55.6 Å². The van der Waals surface area contributed by atoms with Crippen molar-refractivity contribution < 1.29 is 0 Å². The highest BCUT2D eigenvalue weighted by atomic mass is 32.1. The molecule has 0 aliphatic rings. The summed E-state index contributed by atoms with van der Waals surface area (Å²) in [5.74, 6) is 2.31. The van der Waals surface area contributed by atoms with Crippen molar-refractivity contribution in [2.75, 3.05) is 0 Å². The minimum atomic E-state index is -0.618. The highest BCUT2D eigenvalue weighted by molar-refractivity contribution is 7.71. The molecule has 3 rings (SSSR count). The molecular weight excluding hydrogens is 377 g/mol.